The normalized spacial score (nSPS) is 19.0. The van der Waals surface area contributed by atoms with Crippen LogP contribution in [0, 0.1) is 13.8 Å². The molecule has 0 aliphatic carbocycles. The Morgan fingerprint density at radius 3 is 2.44 bits per heavy atom. The average Bonchev–Trinajstić information content (AvgIpc) is 2.99. The molecule has 2 aliphatic heterocycles. The Bertz CT molecular complexity index is 845. The fraction of sp³-hybridized carbons (Fsp3) is 0.409. The molecular weight excluding hydrogens is 352 g/mol. The van der Waals surface area contributed by atoms with Crippen molar-refractivity contribution in [3.8, 4) is 0 Å². The predicted octanol–water partition coefficient (Wildman–Crippen LogP) is 1.99. The van der Waals surface area contributed by atoms with Crippen molar-refractivity contribution in [2.24, 2.45) is 0 Å². The molecule has 1 aromatic heterocycles. The molecule has 3 heterocycles. The van der Waals surface area contributed by atoms with Gasteiger partial charge in [0.05, 0.1) is 17.8 Å². The molecule has 1 N–H and O–H groups in total. The minimum absolute atomic E-state index is 0.990. The molecule has 0 unspecified atom stereocenters. The van der Waals surface area contributed by atoms with E-state index in [1.165, 1.54) is 45.7 Å². The highest BCUT2D eigenvalue weighted by Crippen LogP contribution is 2.46. The summed E-state index contributed by atoms with van der Waals surface area (Å²) < 4.78 is 2.41. The Kier molecular flexibility index (Phi) is 5.15. The first-order chi connectivity index (χ1) is 13.1. The van der Waals surface area contributed by atoms with E-state index in [4.69, 9.17) is 0 Å². The lowest BCUT2D eigenvalue weighted by Crippen LogP contribution is -3.12. The van der Waals surface area contributed by atoms with Gasteiger partial charge in [-0.15, -0.1) is 0 Å². The van der Waals surface area contributed by atoms with Gasteiger partial charge in [0.2, 0.25) is 11.4 Å². The number of pyridine rings is 1. The lowest BCUT2D eigenvalue weighted by molar-refractivity contribution is -0.888. The van der Waals surface area contributed by atoms with E-state index in [9.17, 15) is 0 Å². The van der Waals surface area contributed by atoms with Crippen LogP contribution in [0.4, 0.5) is 5.69 Å². The van der Waals surface area contributed by atoms with Crippen LogP contribution in [0.3, 0.4) is 0 Å². The number of para-hydroxylation sites is 1. The van der Waals surface area contributed by atoms with E-state index < -0.39 is 0 Å². The van der Waals surface area contributed by atoms with Gasteiger partial charge in [-0.3, -0.25) is 0 Å². The van der Waals surface area contributed by atoms with Gasteiger partial charge in [-0.25, -0.2) is 0 Å². The van der Waals surface area contributed by atoms with Gasteiger partial charge in [0, 0.05) is 37.4 Å². The van der Waals surface area contributed by atoms with E-state index in [1.807, 2.05) is 11.8 Å². The Balaban J connectivity index is 1.63. The summed E-state index contributed by atoms with van der Waals surface area (Å²) in [6.07, 6.45) is 2.34. The Morgan fingerprint density at radius 2 is 1.78 bits per heavy atom. The van der Waals surface area contributed by atoms with Gasteiger partial charge in [0.15, 0.2) is 0 Å². The zero-order chi connectivity index (χ0) is 19.0. The second-order valence-corrected chi connectivity index (χ2v) is 8.65. The number of hydrogen-bond acceptors (Lipinski definition) is 3. The number of thioether (sulfide) groups is 1. The minimum Gasteiger partial charge on any atom is -0.335 e. The monoisotopic (exact) mass is 382 g/mol. The average molecular weight is 383 g/mol. The van der Waals surface area contributed by atoms with Crippen molar-refractivity contribution in [1.29, 1.82) is 0 Å². The Hall–Kier alpha value is -1.98. The summed E-state index contributed by atoms with van der Waals surface area (Å²) in [5, 5.41) is 3.81. The first-order valence-electron chi connectivity index (χ1n) is 9.92. The molecule has 0 spiro atoms. The molecule has 0 atom stereocenters. The molecule has 4 nitrogen and oxygen atoms in total. The van der Waals surface area contributed by atoms with Crippen LogP contribution in [0.15, 0.2) is 46.3 Å². The fourth-order valence-corrected chi connectivity index (χ4v) is 5.35. The number of nitrogens with one attached hydrogen (secondary N) is 1. The van der Waals surface area contributed by atoms with Crippen LogP contribution in [0.25, 0.3) is 6.08 Å². The van der Waals surface area contributed by atoms with Gasteiger partial charge in [-0.2, -0.15) is 5.01 Å². The van der Waals surface area contributed by atoms with Gasteiger partial charge in [-0.05, 0) is 30.7 Å². The van der Waals surface area contributed by atoms with Crippen LogP contribution < -0.4 is 19.5 Å². The lowest BCUT2D eigenvalue weighted by Gasteiger charge is -2.28. The van der Waals surface area contributed by atoms with Crippen molar-refractivity contribution in [1.82, 2.24) is 0 Å². The number of likely N-dealkylation sites (N-methyl/N-ethyl adjacent to an activating group) is 1. The summed E-state index contributed by atoms with van der Waals surface area (Å²) in [4.78, 5) is 5.39. The van der Waals surface area contributed by atoms with Crippen LogP contribution in [-0.4, -0.2) is 39.8 Å². The highest BCUT2D eigenvalue weighted by atomic mass is 32.2. The van der Waals surface area contributed by atoms with Crippen LogP contribution in [0.1, 0.15) is 23.9 Å². The minimum atomic E-state index is 0.990. The third-order valence-corrected chi connectivity index (χ3v) is 6.65. The molecule has 1 aromatic carbocycles. The van der Waals surface area contributed by atoms with Crippen LogP contribution in [0.5, 0.6) is 0 Å². The number of benzene rings is 1. The molecule has 2 aliphatic rings. The number of quaternary nitrogens is 1. The molecule has 142 valence electrons. The number of aromatic nitrogens is 1. The standard InChI is InChI=1S/C22H29N4S/c1-5-25-20-8-6-7-9-21(20)27-22(25)16-19-14-17(2)26(18(3)15-19)24-12-10-23(4)11-13-24/h6-9,14-16H,5,10-13H2,1-4H3/q+1/p+1. The highest BCUT2D eigenvalue weighted by Gasteiger charge is 2.27. The molecule has 4 rings (SSSR count). The molecule has 2 aromatic rings. The van der Waals surface area contributed by atoms with Gasteiger partial charge in [0.25, 0.3) is 0 Å². The van der Waals surface area contributed by atoms with E-state index in [1.54, 1.807) is 4.90 Å². The summed E-state index contributed by atoms with van der Waals surface area (Å²) in [6, 6.07) is 13.3. The Morgan fingerprint density at radius 1 is 1.11 bits per heavy atom. The molecule has 0 amide bonds. The molecule has 0 bridgehead atoms. The molecule has 27 heavy (non-hydrogen) atoms. The van der Waals surface area contributed by atoms with Gasteiger partial charge < -0.3 is 9.80 Å². The smallest absolute Gasteiger partial charge is 0.209 e. The topological polar surface area (TPSA) is 14.8 Å². The summed E-state index contributed by atoms with van der Waals surface area (Å²) in [6.45, 7) is 12.3. The zero-order valence-corrected chi connectivity index (χ0v) is 17.6. The van der Waals surface area contributed by atoms with Crippen molar-refractivity contribution >= 4 is 23.5 Å². The third-order valence-electron chi connectivity index (χ3n) is 5.54. The first kappa shape index (κ1) is 18.4. The maximum absolute atomic E-state index is 2.49. The zero-order valence-electron chi connectivity index (χ0n) is 16.8. The first-order valence-corrected chi connectivity index (χ1v) is 10.7. The van der Waals surface area contributed by atoms with Gasteiger partial charge in [-0.1, -0.05) is 28.6 Å². The van der Waals surface area contributed by atoms with Crippen molar-refractivity contribution < 1.29 is 9.58 Å². The lowest BCUT2D eigenvalue weighted by atomic mass is 10.2. The summed E-state index contributed by atoms with van der Waals surface area (Å²) in [5.41, 5.74) is 5.24. The number of anilines is 1. The third kappa shape index (κ3) is 3.58. The number of rotatable bonds is 3. The summed E-state index contributed by atoms with van der Waals surface area (Å²) >= 11 is 1.87. The molecular formula is C22H30N4S+2. The number of fused-ring (bicyclic) bond motifs is 1. The van der Waals surface area contributed by atoms with E-state index in [0.717, 1.165) is 19.6 Å². The van der Waals surface area contributed by atoms with Gasteiger partial charge >= 0.3 is 0 Å². The van der Waals surface area contributed by atoms with Crippen molar-refractivity contribution in [3.63, 3.8) is 0 Å². The van der Waals surface area contributed by atoms with Crippen molar-refractivity contribution in [3.05, 3.63) is 58.4 Å². The number of aryl methyl sites for hydroxylation is 2. The second kappa shape index (κ2) is 7.56. The number of nitrogens with zero attached hydrogens (tertiary/aromatic N) is 3. The van der Waals surface area contributed by atoms with Crippen LogP contribution >= 0.6 is 11.8 Å². The molecule has 5 heteroatoms. The number of piperazine rings is 1. The van der Waals surface area contributed by atoms with E-state index in [2.05, 4.69) is 84.9 Å². The largest absolute Gasteiger partial charge is 0.335 e. The van der Waals surface area contributed by atoms with E-state index in [0.29, 0.717) is 0 Å². The summed E-state index contributed by atoms with van der Waals surface area (Å²) in [7, 11) is 2.29. The SMILES string of the molecule is CCN1C(=Cc2cc(C)[n+](N3CC[NH+](C)CC3)c(C)c2)Sc2ccccc21. The quantitative estimate of drug-likeness (QED) is 0.817. The van der Waals surface area contributed by atoms with E-state index in [-0.39, 0.29) is 0 Å². The van der Waals surface area contributed by atoms with Crippen molar-refractivity contribution in [2.75, 3.05) is 49.7 Å². The molecule has 1 fully saturated rings. The molecule has 0 saturated carbocycles. The van der Waals surface area contributed by atoms with Crippen molar-refractivity contribution in [2.45, 2.75) is 25.7 Å². The van der Waals surface area contributed by atoms with Crippen LogP contribution in [-0.2, 0) is 0 Å². The van der Waals surface area contributed by atoms with Gasteiger partial charge in [0.1, 0.15) is 26.2 Å². The fourth-order valence-electron chi connectivity index (χ4n) is 4.16. The summed E-state index contributed by atoms with van der Waals surface area (Å²) in [5.74, 6) is 0. The maximum atomic E-state index is 2.49. The second-order valence-electron chi connectivity index (χ2n) is 7.59. The maximum Gasteiger partial charge on any atom is 0.209 e. The molecule has 1 saturated heterocycles. The Labute approximate surface area is 167 Å². The van der Waals surface area contributed by atoms with Crippen LogP contribution in [0.2, 0.25) is 0 Å². The molecule has 0 radical (unpaired) electrons. The predicted molar refractivity (Wildman–Crippen MR) is 114 cm³/mol. The number of hydrogen-bond donors (Lipinski definition) is 1. The van der Waals surface area contributed by atoms with E-state index >= 15 is 0 Å². The highest BCUT2D eigenvalue weighted by molar-refractivity contribution is 8.03.